The van der Waals surface area contributed by atoms with Gasteiger partial charge in [-0.15, -0.1) is 0 Å². The first-order valence-corrected chi connectivity index (χ1v) is 8.78. The molecule has 0 aliphatic carbocycles. The lowest BCUT2D eigenvalue weighted by atomic mass is 10.1. The number of hydrogen-bond donors (Lipinski definition) is 0. The molecule has 3 aromatic heterocycles. The quantitative estimate of drug-likeness (QED) is 0.426. The minimum Gasteiger partial charge on any atom is -0.463 e. The third kappa shape index (κ3) is 2.40. The maximum atomic E-state index is 5.68. The molecule has 0 aliphatic rings. The second kappa shape index (κ2) is 5.88. The summed E-state index contributed by atoms with van der Waals surface area (Å²) in [6, 6.07) is 23.1. The molecule has 0 unspecified atom stereocenters. The zero-order valence-corrected chi connectivity index (χ0v) is 14.5. The Morgan fingerprint density at radius 3 is 2.58 bits per heavy atom. The summed E-state index contributed by atoms with van der Waals surface area (Å²) in [4.78, 5) is 4.97. The van der Waals surface area contributed by atoms with Crippen LogP contribution >= 0.6 is 0 Å². The zero-order chi connectivity index (χ0) is 17.5. The maximum absolute atomic E-state index is 5.68. The van der Waals surface area contributed by atoms with Crippen LogP contribution in [0, 0.1) is 6.92 Å². The number of rotatable bonds is 3. The summed E-state index contributed by atoms with van der Waals surface area (Å²) < 4.78 is 7.88. The van der Waals surface area contributed by atoms with Crippen molar-refractivity contribution in [2.45, 2.75) is 13.3 Å². The molecule has 0 atom stereocenters. The standard InChI is InChI=1S/C23H18N2O/c1-16-8-10-17(11-9-16)15-20-22(21-7-4-14-26-21)24-23-19-6-3-2-5-18(19)12-13-25(20)23/h2-14H,15H2,1H3. The van der Waals surface area contributed by atoms with Gasteiger partial charge in [-0.3, -0.25) is 0 Å². The van der Waals surface area contributed by atoms with Crippen LogP contribution in [0.1, 0.15) is 16.8 Å². The van der Waals surface area contributed by atoms with Crippen molar-refractivity contribution in [2.24, 2.45) is 0 Å². The fraction of sp³-hybridized carbons (Fsp3) is 0.0870. The molecule has 3 heteroatoms. The van der Waals surface area contributed by atoms with Crippen molar-refractivity contribution in [2.75, 3.05) is 0 Å². The fourth-order valence-corrected chi connectivity index (χ4v) is 3.50. The summed E-state index contributed by atoms with van der Waals surface area (Å²) in [6.07, 6.45) is 4.61. The largest absolute Gasteiger partial charge is 0.463 e. The molecule has 3 heterocycles. The molecule has 26 heavy (non-hydrogen) atoms. The lowest BCUT2D eigenvalue weighted by molar-refractivity contribution is 0.579. The second-order valence-corrected chi connectivity index (χ2v) is 6.64. The minimum absolute atomic E-state index is 0.801. The van der Waals surface area contributed by atoms with Gasteiger partial charge in [0.15, 0.2) is 5.76 Å². The molecule has 0 N–H and O–H groups in total. The van der Waals surface area contributed by atoms with E-state index in [0.29, 0.717) is 0 Å². The monoisotopic (exact) mass is 338 g/mol. The molecule has 5 rings (SSSR count). The fourth-order valence-electron chi connectivity index (χ4n) is 3.50. The van der Waals surface area contributed by atoms with Crippen LogP contribution in [0.25, 0.3) is 27.9 Å². The van der Waals surface area contributed by atoms with Gasteiger partial charge in [-0.25, -0.2) is 4.98 Å². The molecule has 0 fully saturated rings. The van der Waals surface area contributed by atoms with Crippen molar-refractivity contribution in [3.05, 3.63) is 96.0 Å². The lowest BCUT2D eigenvalue weighted by Gasteiger charge is -2.06. The summed E-state index contributed by atoms with van der Waals surface area (Å²) in [5.41, 5.74) is 5.55. The van der Waals surface area contributed by atoms with E-state index in [4.69, 9.17) is 9.40 Å². The third-order valence-corrected chi connectivity index (χ3v) is 4.86. The molecule has 126 valence electrons. The van der Waals surface area contributed by atoms with Gasteiger partial charge < -0.3 is 8.82 Å². The van der Waals surface area contributed by atoms with Crippen LogP contribution in [0.3, 0.4) is 0 Å². The SMILES string of the molecule is Cc1ccc(Cc2c(-c3ccco3)nc3c4ccccc4ccn23)cc1. The summed E-state index contributed by atoms with van der Waals surface area (Å²) in [7, 11) is 0. The first-order chi connectivity index (χ1) is 12.8. The maximum Gasteiger partial charge on any atom is 0.154 e. The van der Waals surface area contributed by atoms with E-state index in [9.17, 15) is 0 Å². The van der Waals surface area contributed by atoms with E-state index >= 15 is 0 Å². The average Bonchev–Trinajstić information content (AvgIpc) is 3.32. The molecule has 0 amide bonds. The molecule has 0 spiro atoms. The Bertz CT molecular complexity index is 1200. The molecular weight excluding hydrogens is 320 g/mol. The Labute approximate surface area is 151 Å². The van der Waals surface area contributed by atoms with Gasteiger partial charge in [0.1, 0.15) is 11.3 Å². The first kappa shape index (κ1) is 15.0. The van der Waals surface area contributed by atoms with E-state index in [0.717, 1.165) is 34.6 Å². The van der Waals surface area contributed by atoms with Crippen molar-refractivity contribution in [1.29, 1.82) is 0 Å². The van der Waals surface area contributed by atoms with Gasteiger partial charge in [0.05, 0.1) is 12.0 Å². The molecule has 5 aromatic rings. The number of fused-ring (bicyclic) bond motifs is 3. The number of aromatic nitrogens is 2. The van der Waals surface area contributed by atoms with Crippen molar-refractivity contribution in [3.8, 4) is 11.5 Å². The molecular formula is C23H18N2O. The van der Waals surface area contributed by atoms with E-state index in [2.05, 4.69) is 72.1 Å². The third-order valence-electron chi connectivity index (χ3n) is 4.86. The molecule has 0 bridgehead atoms. The van der Waals surface area contributed by atoms with Crippen molar-refractivity contribution in [3.63, 3.8) is 0 Å². The van der Waals surface area contributed by atoms with E-state index in [1.54, 1.807) is 6.26 Å². The van der Waals surface area contributed by atoms with Gasteiger partial charge in [-0.2, -0.15) is 0 Å². The minimum atomic E-state index is 0.801. The number of pyridine rings is 1. The van der Waals surface area contributed by atoms with Crippen LogP contribution in [-0.4, -0.2) is 9.38 Å². The number of benzene rings is 2. The molecule has 0 radical (unpaired) electrons. The van der Waals surface area contributed by atoms with Gasteiger partial charge in [0, 0.05) is 18.0 Å². The van der Waals surface area contributed by atoms with E-state index < -0.39 is 0 Å². The van der Waals surface area contributed by atoms with Crippen molar-refractivity contribution >= 4 is 16.4 Å². The topological polar surface area (TPSA) is 30.4 Å². The first-order valence-electron chi connectivity index (χ1n) is 8.78. The summed E-state index contributed by atoms with van der Waals surface area (Å²) >= 11 is 0. The van der Waals surface area contributed by atoms with Crippen LogP contribution in [0.4, 0.5) is 0 Å². The molecule has 2 aromatic carbocycles. The van der Waals surface area contributed by atoms with Gasteiger partial charge in [0.2, 0.25) is 0 Å². The average molecular weight is 338 g/mol. The smallest absolute Gasteiger partial charge is 0.154 e. The Hall–Kier alpha value is -3.33. The van der Waals surface area contributed by atoms with Crippen LogP contribution in [0.2, 0.25) is 0 Å². The Morgan fingerprint density at radius 2 is 1.77 bits per heavy atom. The van der Waals surface area contributed by atoms with E-state index in [-0.39, 0.29) is 0 Å². The molecule has 0 aliphatic heterocycles. The molecule has 0 saturated carbocycles. The second-order valence-electron chi connectivity index (χ2n) is 6.64. The number of hydrogen-bond acceptors (Lipinski definition) is 2. The van der Waals surface area contributed by atoms with E-state index in [1.807, 2.05) is 12.1 Å². The van der Waals surface area contributed by atoms with Gasteiger partial charge in [-0.1, -0.05) is 54.1 Å². The highest BCUT2D eigenvalue weighted by atomic mass is 16.3. The summed E-state index contributed by atoms with van der Waals surface area (Å²) in [6.45, 7) is 2.11. The highest BCUT2D eigenvalue weighted by Crippen LogP contribution is 2.30. The van der Waals surface area contributed by atoms with E-state index in [1.165, 1.54) is 16.5 Å². The number of furan rings is 1. The Morgan fingerprint density at radius 1 is 0.923 bits per heavy atom. The van der Waals surface area contributed by atoms with Gasteiger partial charge in [0.25, 0.3) is 0 Å². The summed E-state index contributed by atoms with van der Waals surface area (Å²) in [5, 5.41) is 2.34. The van der Waals surface area contributed by atoms with Gasteiger partial charge in [-0.05, 0) is 36.1 Å². The van der Waals surface area contributed by atoms with Gasteiger partial charge >= 0.3 is 0 Å². The van der Waals surface area contributed by atoms with Crippen LogP contribution < -0.4 is 0 Å². The van der Waals surface area contributed by atoms with Crippen LogP contribution in [0.15, 0.2) is 83.6 Å². The molecule has 3 nitrogen and oxygen atoms in total. The number of aryl methyl sites for hydroxylation is 1. The number of nitrogens with zero attached hydrogens (tertiary/aromatic N) is 2. The van der Waals surface area contributed by atoms with Crippen LogP contribution in [-0.2, 0) is 6.42 Å². The highest BCUT2D eigenvalue weighted by Gasteiger charge is 2.18. The number of imidazole rings is 1. The zero-order valence-electron chi connectivity index (χ0n) is 14.5. The normalized spacial score (nSPS) is 11.4. The Balaban J connectivity index is 1.77. The Kier molecular flexibility index (Phi) is 3.39. The highest BCUT2D eigenvalue weighted by molar-refractivity contribution is 5.95. The van der Waals surface area contributed by atoms with Crippen molar-refractivity contribution in [1.82, 2.24) is 9.38 Å². The van der Waals surface area contributed by atoms with Crippen LogP contribution in [0.5, 0.6) is 0 Å². The predicted molar refractivity (Wildman–Crippen MR) is 104 cm³/mol. The predicted octanol–water partition coefficient (Wildman–Crippen LogP) is 5.65. The lowest BCUT2D eigenvalue weighted by Crippen LogP contribution is -1.96. The molecule has 0 saturated heterocycles. The van der Waals surface area contributed by atoms with Crippen molar-refractivity contribution < 1.29 is 4.42 Å². The summed E-state index contributed by atoms with van der Waals surface area (Å²) in [5.74, 6) is 0.805.